The third kappa shape index (κ3) is 4.73. The molecule has 29 heavy (non-hydrogen) atoms. The number of hydrogen-bond acceptors (Lipinski definition) is 5. The number of aryl methyl sites for hydroxylation is 2. The zero-order valence-corrected chi connectivity index (χ0v) is 15.9. The smallest absolute Gasteiger partial charge is 0.287 e. The van der Waals surface area contributed by atoms with Crippen molar-refractivity contribution in [3.63, 3.8) is 0 Å². The number of benzene rings is 1. The van der Waals surface area contributed by atoms with Crippen molar-refractivity contribution in [2.24, 2.45) is 5.73 Å². The first-order valence-corrected chi connectivity index (χ1v) is 9.11. The largest absolute Gasteiger partial charge is 0.363 e. The van der Waals surface area contributed by atoms with Gasteiger partial charge in [0.15, 0.2) is 0 Å². The van der Waals surface area contributed by atoms with Crippen LogP contribution < -0.4 is 11.1 Å². The number of imidazole rings is 1. The van der Waals surface area contributed by atoms with E-state index in [-0.39, 0.29) is 12.1 Å². The zero-order chi connectivity index (χ0) is 20.8. The molecule has 8 nitrogen and oxygen atoms in total. The highest BCUT2D eigenvalue weighted by atomic mass is 16.2. The van der Waals surface area contributed by atoms with Gasteiger partial charge < -0.3 is 11.1 Å². The Morgan fingerprint density at radius 2 is 1.79 bits per heavy atom. The third-order valence-corrected chi connectivity index (χ3v) is 4.48. The summed E-state index contributed by atoms with van der Waals surface area (Å²) in [5.41, 5.74) is 6.37. The number of carbonyl (C=O) groups is 3. The van der Waals surface area contributed by atoms with Gasteiger partial charge in [-0.3, -0.25) is 19.0 Å². The number of amides is 2. The topological polar surface area (TPSA) is 120 Å². The van der Waals surface area contributed by atoms with Gasteiger partial charge in [0.1, 0.15) is 17.3 Å². The van der Waals surface area contributed by atoms with Crippen LogP contribution in [0.4, 0.5) is 0 Å². The molecular formula is C21H21N5O3. The number of nitrogens with two attached hydrogens (primary N) is 1. The lowest BCUT2D eigenvalue weighted by atomic mass is 10.0. The summed E-state index contributed by atoms with van der Waals surface area (Å²) in [6.45, 7) is 1.74. The van der Waals surface area contributed by atoms with Crippen LogP contribution in [0.25, 0.3) is 5.82 Å². The molecule has 3 rings (SSSR count). The van der Waals surface area contributed by atoms with Crippen LogP contribution in [0.5, 0.6) is 0 Å². The van der Waals surface area contributed by atoms with Gasteiger partial charge in [-0.2, -0.15) is 0 Å². The lowest BCUT2D eigenvalue weighted by molar-refractivity contribution is -0.137. The first kappa shape index (κ1) is 19.9. The fourth-order valence-corrected chi connectivity index (χ4v) is 3.01. The maximum absolute atomic E-state index is 12.9. The Balaban J connectivity index is 1.82. The molecule has 0 aliphatic heterocycles. The van der Waals surface area contributed by atoms with Crippen LogP contribution in [0.2, 0.25) is 0 Å². The lowest BCUT2D eigenvalue weighted by Crippen LogP contribution is -2.46. The highest BCUT2D eigenvalue weighted by Crippen LogP contribution is 2.13. The SMILES string of the molecule is Cc1ncc(C(=O)NC(CCc2ccccc2)C(=O)C(N)=O)n1-c1ccccn1. The van der Waals surface area contributed by atoms with Crippen LogP contribution in [0.1, 0.15) is 28.3 Å². The maximum Gasteiger partial charge on any atom is 0.287 e. The van der Waals surface area contributed by atoms with Crippen LogP contribution >= 0.6 is 0 Å². The summed E-state index contributed by atoms with van der Waals surface area (Å²) in [5, 5.41) is 2.63. The molecule has 0 fully saturated rings. The molecule has 1 aromatic carbocycles. The van der Waals surface area contributed by atoms with Crippen molar-refractivity contribution in [1.82, 2.24) is 19.9 Å². The van der Waals surface area contributed by atoms with E-state index in [1.807, 2.05) is 30.3 Å². The van der Waals surface area contributed by atoms with E-state index >= 15 is 0 Å². The Morgan fingerprint density at radius 1 is 1.07 bits per heavy atom. The minimum Gasteiger partial charge on any atom is -0.363 e. The molecule has 1 unspecified atom stereocenters. The molecule has 148 valence electrons. The Kier molecular flexibility index (Phi) is 6.13. The standard InChI is InChI=1S/C21H21N5O3/c1-14-24-13-17(26(14)18-9-5-6-12-23-18)21(29)25-16(19(27)20(22)28)11-10-15-7-3-2-4-8-15/h2-9,12-13,16H,10-11H2,1H3,(H2,22,28)(H,25,29). The molecule has 3 N–H and O–H groups in total. The minimum absolute atomic E-state index is 0.211. The van der Waals surface area contributed by atoms with Crippen molar-refractivity contribution < 1.29 is 14.4 Å². The minimum atomic E-state index is -1.09. The van der Waals surface area contributed by atoms with E-state index in [1.165, 1.54) is 6.20 Å². The summed E-state index contributed by atoms with van der Waals surface area (Å²) < 4.78 is 1.58. The Morgan fingerprint density at radius 3 is 2.45 bits per heavy atom. The summed E-state index contributed by atoms with van der Waals surface area (Å²) in [7, 11) is 0. The van der Waals surface area contributed by atoms with Crippen LogP contribution in [0.15, 0.2) is 60.9 Å². The second kappa shape index (κ2) is 8.92. The molecule has 0 bridgehead atoms. The lowest BCUT2D eigenvalue weighted by Gasteiger charge is -2.17. The van der Waals surface area contributed by atoms with Gasteiger partial charge in [-0.25, -0.2) is 9.97 Å². The number of rotatable bonds is 8. The first-order chi connectivity index (χ1) is 14.0. The average Bonchev–Trinajstić information content (AvgIpc) is 3.13. The second-order valence-corrected chi connectivity index (χ2v) is 6.49. The highest BCUT2D eigenvalue weighted by molar-refractivity contribution is 6.38. The number of nitrogens with zero attached hydrogens (tertiary/aromatic N) is 3. The fourth-order valence-electron chi connectivity index (χ4n) is 3.01. The quantitative estimate of drug-likeness (QED) is 0.562. The summed E-state index contributed by atoms with van der Waals surface area (Å²) >= 11 is 0. The van der Waals surface area contributed by atoms with Crippen molar-refractivity contribution in [2.45, 2.75) is 25.8 Å². The van der Waals surface area contributed by atoms with Crippen molar-refractivity contribution in [2.75, 3.05) is 0 Å². The van der Waals surface area contributed by atoms with Gasteiger partial charge in [-0.15, -0.1) is 0 Å². The molecule has 8 heteroatoms. The summed E-state index contributed by atoms with van der Waals surface area (Å²) in [6, 6.07) is 13.7. The number of ketones is 1. The summed E-state index contributed by atoms with van der Waals surface area (Å²) in [4.78, 5) is 45.0. The number of hydrogen-bond donors (Lipinski definition) is 2. The summed E-state index contributed by atoms with van der Waals surface area (Å²) in [5.74, 6) is -1.37. The molecule has 0 spiro atoms. The molecular weight excluding hydrogens is 370 g/mol. The van der Waals surface area contributed by atoms with Gasteiger partial charge in [0.05, 0.1) is 12.2 Å². The zero-order valence-electron chi connectivity index (χ0n) is 15.9. The van der Waals surface area contributed by atoms with Crippen LogP contribution in [-0.2, 0) is 16.0 Å². The monoisotopic (exact) mass is 391 g/mol. The van der Waals surface area contributed by atoms with Crippen LogP contribution in [-0.4, -0.2) is 38.2 Å². The molecule has 2 aromatic heterocycles. The molecule has 0 aliphatic rings. The van der Waals surface area contributed by atoms with Gasteiger partial charge in [0, 0.05) is 6.20 Å². The van der Waals surface area contributed by atoms with E-state index < -0.39 is 23.6 Å². The van der Waals surface area contributed by atoms with E-state index in [0.717, 1.165) is 5.56 Å². The molecule has 0 radical (unpaired) electrons. The van der Waals surface area contributed by atoms with Crippen molar-refractivity contribution in [3.8, 4) is 5.82 Å². The number of carbonyl (C=O) groups excluding carboxylic acids is 3. The maximum atomic E-state index is 12.9. The number of aromatic nitrogens is 3. The molecule has 2 amide bonds. The van der Waals surface area contributed by atoms with E-state index in [4.69, 9.17) is 5.73 Å². The fraction of sp³-hybridized carbons (Fsp3) is 0.190. The molecule has 3 aromatic rings. The summed E-state index contributed by atoms with van der Waals surface area (Å²) in [6.07, 6.45) is 3.76. The van der Waals surface area contributed by atoms with Crippen molar-refractivity contribution in [3.05, 3.63) is 78.0 Å². The first-order valence-electron chi connectivity index (χ1n) is 9.11. The predicted octanol–water partition coefficient (Wildman–Crippen LogP) is 1.36. The van der Waals surface area contributed by atoms with Gasteiger partial charge in [0.2, 0.25) is 5.78 Å². The number of nitrogens with one attached hydrogen (secondary N) is 1. The van der Waals surface area contributed by atoms with Crippen LogP contribution in [0, 0.1) is 6.92 Å². The number of Topliss-reactive ketones (excluding diaryl/α,β-unsaturated/α-hetero) is 1. The van der Waals surface area contributed by atoms with E-state index in [0.29, 0.717) is 18.1 Å². The van der Waals surface area contributed by atoms with Crippen molar-refractivity contribution in [1.29, 1.82) is 0 Å². The van der Waals surface area contributed by atoms with E-state index in [2.05, 4.69) is 15.3 Å². The van der Waals surface area contributed by atoms with E-state index in [1.54, 1.807) is 35.9 Å². The van der Waals surface area contributed by atoms with Crippen LogP contribution in [0.3, 0.4) is 0 Å². The Bertz CT molecular complexity index is 1020. The van der Waals surface area contributed by atoms with Gasteiger partial charge in [-0.05, 0) is 37.5 Å². The predicted molar refractivity (Wildman–Crippen MR) is 106 cm³/mol. The number of primary amides is 1. The molecule has 0 saturated heterocycles. The molecule has 0 aliphatic carbocycles. The molecule has 1 atom stereocenters. The van der Waals surface area contributed by atoms with Gasteiger partial charge in [0.25, 0.3) is 11.8 Å². The third-order valence-electron chi connectivity index (χ3n) is 4.48. The molecule has 0 saturated carbocycles. The normalized spacial score (nSPS) is 11.6. The number of pyridine rings is 1. The average molecular weight is 391 g/mol. The van der Waals surface area contributed by atoms with Crippen molar-refractivity contribution >= 4 is 17.6 Å². The Hall–Kier alpha value is -3.81. The van der Waals surface area contributed by atoms with Gasteiger partial charge >= 0.3 is 0 Å². The van der Waals surface area contributed by atoms with E-state index in [9.17, 15) is 14.4 Å². The Labute approximate surface area is 167 Å². The second-order valence-electron chi connectivity index (χ2n) is 6.49. The highest BCUT2D eigenvalue weighted by Gasteiger charge is 2.27. The molecule has 2 heterocycles. The van der Waals surface area contributed by atoms with Gasteiger partial charge in [-0.1, -0.05) is 36.4 Å².